The highest BCUT2D eigenvalue weighted by atomic mass is 31.2. The molecule has 0 spiro atoms. The maximum absolute atomic E-state index is 13.0. The van der Waals surface area contributed by atoms with Gasteiger partial charge in [0.05, 0.1) is 39.9 Å². The summed E-state index contributed by atoms with van der Waals surface area (Å²) in [6.45, 7) is 4.66. The van der Waals surface area contributed by atoms with Crippen molar-refractivity contribution < 1.29 is 32.9 Å². The van der Waals surface area contributed by atoms with Crippen molar-refractivity contribution in [2.45, 2.75) is 373 Å². The Hall–Kier alpha value is -1.80. The summed E-state index contributed by atoms with van der Waals surface area (Å²) in [5.74, 6) is -0.206. The number of nitrogens with one attached hydrogen (secondary N) is 1. The van der Waals surface area contributed by atoms with E-state index in [1.165, 1.54) is 289 Å². The van der Waals surface area contributed by atoms with E-state index in [4.69, 9.17) is 9.05 Å². The summed E-state index contributed by atoms with van der Waals surface area (Å²) in [7, 11) is 1.25. The maximum Gasteiger partial charge on any atom is 0.268 e. The van der Waals surface area contributed by atoms with E-state index < -0.39 is 26.6 Å². The van der Waals surface area contributed by atoms with Gasteiger partial charge in [0, 0.05) is 6.42 Å². The molecule has 9 heteroatoms. The molecule has 3 atom stereocenters. The van der Waals surface area contributed by atoms with Crippen LogP contribution in [0.4, 0.5) is 0 Å². The third-order valence-corrected chi connectivity index (χ3v) is 17.6. The Morgan fingerprint density at radius 1 is 0.417 bits per heavy atom. The number of allylic oxidation sites excluding steroid dienone is 9. The minimum absolute atomic E-state index is 0.00874. The third kappa shape index (κ3) is 67.7. The van der Waals surface area contributed by atoms with Gasteiger partial charge in [-0.3, -0.25) is 9.36 Å². The molecular weight excluding hydrogens is 1060 g/mol. The second kappa shape index (κ2) is 65.6. The van der Waals surface area contributed by atoms with Crippen LogP contribution in [0.1, 0.15) is 361 Å². The van der Waals surface area contributed by atoms with Crippen molar-refractivity contribution in [3.8, 4) is 0 Å². The van der Waals surface area contributed by atoms with Crippen LogP contribution in [-0.4, -0.2) is 68.5 Å². The molecule has 494 valence electrons. The van der Waals surface area contributed by atoms with Gasteiger partial charge in [0.15, 0.2) is 0 Å². The Morgan fingerprint density at radius 2 is 0.702 bits per heavy atom. The van der Waals surface area contributed by atoms with Crippen LogP contribution in [0.5, 0.6) is 0 Å². The molecule has 0 aromatic heterocycles. The second-order valence-corrected chi connectivity index (χ2v) is 27.7. The lowest BCUT2D eigenvalue weighted by Crippen LogP contribution is -2.45. The molecule has 0 aromatic carbocycles. The second-order valence-electron chi connectivity index (χ2n) is 26.3. The van der Waals surface area contributed by atoms with Gasteiger partial charge < -0.3 is 28.8 Å². The highest BCUT2D eigenvalue weighted by Gasteiger charge is 2.23. The number of hydrogen-bond donors (Lipinski definition) is 2. The van der Waals surface area contributed by atoms with E-state index >= 15 is 0 Å². The fourth-order valence-electron chi connectivity index (χ4n) is 11.0. The summed E-state index contributed by atoms with van der Waals surface area (Å²) in [5, 5.41) is 13.9. The van der Waals surface area contributed by atoms with Crippen molar-refractivity contribution in [3.63, 3.8) is 0 Å². The number of aliphatic hydroxyl groups excluding tert-OH is 1. The van der Waals surface area contributed by atoms with Crippen LogP contribution in [0.2, 0.25) is 0 Å². The molecule has 8 nitrogen and oxygen atoms in total. The van der Waals surface area contributed by atoms with Crippen LogP contribution in [0.3, 0.4) is 0 Å². The van der Waals surface area contributed by atoms with Crippen molar-refractivity contribution in [2.24, 2.45) is 0 Å². The molecule has 0 aliphatic heterocycles. The van der Waals surface area contributed by atoms with E-state index in [0.717, 1.165) is 51.4 Å². The third-order valence-electron chi connectivity index (χ3n) is 16.7. The van der Waals surface area contributed by atoms with Crippen LogP contribution in [0, 0.1) is 0 Å². The van der Waals surface area contributed by atoms with Crippen molar-refractivity contribution >= 4 is 13.7 Å². The molecule has 0 aliphatic carbocycles. The standard InChI is InChI=1S/C75H143N2O6P/c1-6-8-10-12-14-16-18-20-22-24-26-28-30-32-34-36-37-38-39-41-43-45-47-49-51-53-55-57-59-61-63-65-67-69-75(79)76-73(72-83-84(80,81)82-71-70-77(3,4)5)74(78)68-66-64-62-60-58-56-54-52-50-48-46-44-42-40-35-33-31-29-27-25-23-21-19-17-15-13-11-9-7-2/h18,20,24,26,50,52,58,60,66,68,73-74,78H,6-17,19,21-23,25,27-49,51,53-57,59,61-65,67,69-72H2,1-5H3,(H-,76,79,80,81)/b20-18-,26-24-,52-50+,60-58+,68-66+. The number of rotatable bonds is 68. The lowest BCUT2D eigenvalue weighted by Gasteiger charge is -2.29. The van der Waals surface area contributed by atoms with E-state index in [2.05, 4.69) is 67.8 Å². The fourth-order valence-corrected chi connectivity index (χ4v) is 11.7. The molecule has 0 bridgehead atoms. The average Bonchev–Trinajstić information content (AvgIpc) is 3.56. The first kappa shape index (κ1) is 82.2. The first-order valence-electron chi connectivity index (χ1n) is 36.7. The predicted octanol–water partition coefficient (Wildman–Crippen LogP) is 22.9. The number of carbonyl (C=O) groups excluding carboxylic acids is 1. The molecule has 0 aliphatic rings. The van der Waals surface area contributed by atoms with E-state index in [1.54, 1.807) is 6.08 Å². The smallest absolute Gasteiger partial charge is 0.268 e. The van der Waals surface area contributed by atoms with E-state index in [0.29, 0.717) is 17.4 Å². The minimum atomic E-state index is -4.62. The van der Waals surface area contributed by atoms with Gasteiger partial charge in [-0.1, -0.05) is 338 Å². The molecule has 0 saturated heterocycles. The van der Waals surface area contributed by atoms with Gasteiger partial charge in [0.2, 0.25) is 5.91 Å². The summed E-state index contributed by atoms with van der Waals surface area (Å²) in [6.07, 6.45) is 90.8. The number of quaternary nitrogens is 1. The number of likely N-dealkylation sites (N-methyl/N-ethyl adjacent to an activating group) is 1. The van der Waals surface area contributed by atoms with Crippen LogP contribution in [-0.2, 0) is 18.4 Å². The van der Waals surface area contributed by atoms with Gasteiger partial charge in [-0.05, 0) is 77.0 Å². The number of carbonyl (C=O) groups is 1. The maximum atomic E-state index is 13.0. The first-order valence-corrected chi connectivity index (χ1v) is 38.1. The summed E-state index contributed by atoms with van der Waals surface area (Å²) >= 11 is 0. The van der Waals surface area contributed by atoms with E-state index in [1.807, 2.05) is 27.2 Å². The number of amides is 1. The Kier molecular flexibility index (Phi) is 64.2. The summed E-state index contributed by atoms with van der Waals surface area (Å²) in [5.41, 5.74) is 0. The van der Waals surface area contributed by atoms with Gasteiger partial charge in [-0.2, -0.15) is 0 Å². The Morgan fingerprint density at radius 3 is 1.04 bits per heavy atom. The minimum Gasteiger partial charge on any atom is -0.756 e. The van der Waals surface area contributed by atoms with Gasteiger partial charge in [-0.25, -0.2) is 0 Å². The molecule has 0 fully saturated rings. The summed E-state index contributed by atoms with van der Waals surface area (Å²) in [4.78, 5) is 25.6. The Labute approximate surface area is 523 Å². The fraction of sp³-hybridized carbons (Fsp3) is 0.853. The van der Waals surface area contributed by atoms with Crippen LogP contribution < -0.4 is 10.2 Å². The molecule has 0 heterocycles. The van der Waals surface area contributed by atoms with Crippen LogP contribution in [0.25, 0.3) is 0 Å². The van der Waals surface area contributed by atoms with Gasteiger partial charge in [0.25, 0.3) is 7.82 Å². The van der Waals surface area contributed by atoms with Crippen molar-refractivity contribution in [1.29, 1.82) is 0 Å². The van der Waals surface area contributed by atoms with Crippen molar-refractivity contribution in [1.82, 2.24) is 5.32 Å². The van der Waals surface area contributed by atoms with Crippen molar-refractivity contribution in [2.75, 3.05) is 40.9 Å². The molecule has 84 heavy (non-hydrogen) atoms. The highest BCUT2D eigenvalue weighted by molar-refractivity contribution is 7.45. The number of nitrogens with zero attached hydrogens (tertiary/aromatic N) is 1. The normalized spacial score (nSPS) is 13.9. The first-order chi connectivity index (χ1) is 41.0. The lowest BCUT2D eigenvalue weighted by atomic mass is 10.0. The van der Waals surface area contributed by atoms with E-state index in [-0.39, 0.29) is 12.5 Å². The summed E-state index contributed by atoms with van der Waals surface area (Å²) < 4.78 is 23.5. The highest BCUT2D eigenvalue weighted by Crippen LogP contribution is 2.38. The zero-order valence-corrected chi connectivity index (χ0v) is 57.5. The van der Waals surface area contributed by atoms with Gasteiger partial charge in [-0.15, -0.1) is 0 Å². The molecule has 0 rings (SSSR count). The SMILES string of the molecule is CCCCCCC/C=C\C/C=C\CCCCCCCCCCCCCCCCCCCCCCCC(=O)NC(COP(=O)([O-])OCC[N+](C)(C)C)C(O)/C=C/CC/C=C/CC/C=C/CCCCCCCCCCCCCCCCCCCCC. The predicted molar refractivity (Wildman–Crippen MR) is 367 cm³/mol. The number of unbranched alkanes of at least 4 members (excludes halogenated alkanes) is 47. The van der Waals surface area contributed by atoms with Crippen LogP contribution in [0.15, 0.2) is 60.8 Å². The zero-order valence-electron chi connectivity index (χ0n) is 56.6. The number of phosphoric acid groups is 1. The molecular formula is C75H143N2O6P. The monoisotopic (exact) mass is 1200 g/mol. The van der Waals surface area contributed by atoms with E-state index in [9.17, 15) is 19.4 Å². The zero-order chi connectivity index (χ0) is 61.2. The van der Waals surface area contributed by atoms with Crippen LogP contribution >= 0.6 is 7.82 Å². The quantitative estimate of drug-likeness (QED) is 0.0272. The molecule has 3 unspecified atom stereocenters. The molecule has 0 aromatic rings. The average molecular weight is 1200 g/mol. The number of hydrogen-bond acceptors (Lipinski definition) is 6. The molecule has 0 saturated carbocycles. The lowest BCUT2D eigenvalue weighted by molar-refractivity contribution is -0.870. The van der Waals surface area contributed by atoms with Crippen molar-refractivity contribution in [3.05, 3.63) is 60.8 Å². The number of phosphoric ester groups is 1. The van der Waals surface area contributed by atoms with Gasteiger partial charge >= 0.3 is 0 Å². The molecule has 2 N–H and O–H groups in total. The van der Waals surface area contributed by atoms with Gasteiger partial charge in [0.1, 0.15) is 13.2 Å². The Bertz CT molecular complexity index is 1550. The Balaban J connectivity index is 4.07. The number of aliphatic hydroxyl groups is 1. The largest absolute Gasteiger partial charge is 0.756 e. The molecule has 0 radical (unpaired) electrons. The molecule has 1 amide bonds. The topological polar surface area (TPSA) is 108 Å². The summed E-state index contributed by atoms with van der Waals surface area (Å²) in [6, 6.07) is -0.912.